The zero-order valence-corrected chi connectivity index (χ0v) is 17.8. The van der Waals surface area contributed by atoms with Crippen molar-refractivity contribution in [3.05, 3.63) is 63.7 Å². The van der Waals surface area contributed by atoms with Gasteiger partial charge in [0.2, 0.25) is 0 Å². The van der Waals surface area contributed by atoms with Gasteiger partial charge in [0.05, 0.1) is 28.4 Å². The number of anilines is 1. The topological polar surface area (TPSA) is 84.7 Å². The molecule has 2 bridgehead atoms. The molecule has 5 rings (SSSR count). The number of urea groups is 1. The molecule has 3 unspecified atom stereocenters. The Hall–Kier alpha value is -3.37. The van der Waals surface area contributed by atoms with Gasteiger partial charge < -0.3 is 9.80 Å². The minimum Gasteiger partial charge on any atom is -0.331 e. The first-order valence-corrected chi connectivity index (χ1v) is 10.4. The molecule has 3 heterocycles. The Kier molecular flexibility index (Phi) is 4.31. The van der Waals surface area contributed by atoms with Gasteiger partial charge in [0.1, 0.15) is 12.1 Å². The summed E-state index contributed by atoms with van der Waals surface area (Å²) in [5.41, 5.74) is 2.75. The van der Waals surface area contributed by atoms with Crippen LogP contribution in [0.2, 0.25) is 5.02 Å². The number of carbonyl (C=O) groups excluding carboxylic acids is 3. The molecule has 2 aromatic rings. The van der Waals surface area contributed by atoms with E-state index in [4.69, 9.17) is 11.6 Å². The summed E-state index contributed by atoms with van der Waals surface area (Å²) in [7, 11) is 0. The van der Waals surface area contributed by atoms with E-state index in [1.54, 1.807) is 28.9 Å². The summed E-state index contributed by atoms with van der Waals surface area (Å²) in [5.74, 6) is -0.477. The number of likely N-dealkylation sites (tertiary alicyclic amines) is 1. The minimum atomic E-state index is -0.700. The zero-order chi connectivity index (χ0) is 22.0. The van der Waals surface area contributed by atoms with Crippen molar-refractivity contribution in [1.29, 1.82) is 5.26 Å². The standard InChI is InChI=1S/C23H19ClN4O3/c1-12-4-3-5-14(8-12)21(29)26-11-16-9-18(26)20-22(30)28(23(31)27(16)20)17-7-6-15(10-25)19(24)13(17)2/h3-8,16,18,20H,9,11H2,1-2H3. The van der Waals surface area contributed by atoms with E-state index in [-0.39, 0.29) is 34.5 Å². The van der Waals surface area contributed by atoms with Crippen LogP contribution in [0.4, 0.5) is 10.5 Å². The Balaban J connectivity index is 1.47. The van der Waals surface area contributed by atoms with Crippen LogP contribution in [0.3, 0.4) is 0 Å². The van der Waals surface area contributed by atoms with Crippen LogP contribution in [-0.4, -0.2) is 52.3 Å². The lowest BCUT2D eigenvalue weighted by Gasteiger charge is -2.35. The van der Waals surface area contributed by atoms with Crippen LogP contribution in [-0.2, 0) is 4.79 Å². The van der Waals surface area contributed by atoms with E-state index in [1.165, 1.54) is 6.07 Å². The molecule has 0 N–H and O–H groups in total. The highest BCUT2D eigenvalue weighted by molar-refractivity contribution is 6.33. The van der Waals surface area contributed by atoms with E-state index in [0.717, 1.165) is 10.5 Å². The highest BCUT2D eigenvalue weighted by Gasteiger charge is 2.63. The van der Waals surface area contributed by atoms with Crippen molar-refractivity contribution in [3.63, 3.8) is 0 Å². The number of piperazine rings is 1. The van der Waals surface area contributed by atoms with E-state index >= 15 is 0 Å². The van der Waals surface area contributed by atoms with Gasteiger partial charge >= 0.3 is 6.03 Å². The Labute approximate surface area is 184 Å². The highest BCUT2D eigenvalue weighted by atomic mass is 35.5. The number of amides is 4. The van der Waals surface area contributed by atoms with Crippen LogP contribution in [0.15, 0.2) is 36.4 Å². The van der Waals surface area contributed by atoms with Gasteiger partial charge in [0, 0.05) is 12.1 Å². The maximum absolute atomic E-state index is 13.4. The van der Waals surface area contributed by atoms with Crippen LogP contribution in [0.1, 0.15) is 33.5 Å². The number of benzene rings is 2. The third-order valence-electron chi connectivity index (χ3n) is 6.51. The number of carbonyl (C=O) groups is 3. The van der Waals surface area contributed by atoms with Gasteiger partial charge in [-0.2, -0.15) is 5.26 Å². The normalized spacial score (nSPS) is 24.1. The number of halogens is 1. The lowest BCUT2D eigenvalue weighted by molar-refractivity contribution is -0.121. The quantitative estimate of drug-likeness (QED) is 0.679. The van der Waals surface area contributed by atoms with Gasteiger partial charge in [0.15, 0.2) is 0 Å². The van der Waals surface area contributed by atoms with Crippen molar-refractivity contribution in [2.45, 2.75) is 38.4 Å². The molecule has 3 aliphatic heterocycles. The molecule has 3 atom stereocenters. The molecule has 156 valence electrons. The molecule has 0 aliphatic carbocycles. The maximum Gasteiger partial charge on any atom is 0.332 e. The van der Waals surface area contributed by atoms with Crippen LogP contribution in [0.5, 0.6) is 0 Å². The number of imide groups is 1. The minimum absolute atomic E-state index is 0.118. The van der Waals surface area contributed by atoms with E-state index in [9.17, 15) is 19.6 Å². The highest BCUT2D eigenvalue weighted by Crippen LogP contribution is 2.44. The molecule has 0 aromatic heterocycles. The summed E-state index contributed by atoms with van der Waals surface area (Å²) in [6, 6.07) is 10.8. The summed E-state index contributed by atoms with van der Waals surface area (Å²) >= 11 is 6.27. The Morgan fingerprint density at radius 2 is 1.97 bits per heavy atom. The molecule has 0 saturated carbocycles. The molecule has 3 aliphatic rings. The number of rotatable bonds is 2. The van der Waals surface area contributed by atoms with Crippen molar-refractivity contribution in [2.24, 2.45) is 0 Å². The largest absolute Gasteiger partial charge is 0.332 e. The number of fused-ring (bicyclic) bond motifs is 5. The molecule has 0 radical (unpaired) electrons. The monoisotopic (exact) mass is 434 g/mol. The number of hydrogen-bond acceptors (Lipinski definition) is 4. The summed E-state index contributed by atoms with van der Waals surface area (Å²) in [6.45, 7) is 4.02. The first kappa shape index (κ1) is 19.6. The molecular weight excluding hydrogens is 416 g/mol. The molecule has 31 heavy (non-hydrogen) atoms. The van der Waals surface area contributed by atoms with Crippen molar-refractivity contribution in [2.75, 3.05) is 11.4 Å². The van der Waals surface area contributed by atoms with Gasteiger partial charge in [-0.05, 0) is 50.1 Å². The molecule has 8 heteroatoms. The molecule has 0 spiro atoms. The second-order valence-electron chi connectivity index (χ2n) is 8.28. The lowest BCUT2D eigenvalue weighted by atomic mass is 10.1. The van der Waals surface area contributed by atoms with E-state index in [1.807, 2.05) is 31.2 Å². The third-order valence-corrected chi connectivity index (χ3v) is 7.00. The Bertz CT molecular complexity index is 1200. The number of hydrogen-bond donors (Lipinski definition) is 0. The first-order valence-electron chi connectivity index (χ1n) is 10.1. The lowest BCUT2D eigenvalue weighted by Crippen LogP contribution is -2.54. The summed E-state index contributed by atoms with van der Waals surface area (Å²) < 4.78 is 0. The van der Waals surface area contributed by atoms with Gasteiger partial charge in [0.25, 0.3) is 11.8 Å². The molecule has 7 nitrogen and oxygen atoms in total. The van der Waals surface area contributed by atoms with Crippen molar-refractivity contribution >= 4 is 35.1 Å². The van der Waals surface area contributed by atoms with Crippen LogP contribution >= 0.6 is 11.6 Å². The fourth-order valence-corrected chi connectivity index (χ4v) is 5.26. The van der Waals surface area contributed by atoms with Crippen molar-refractivity contribution in [3.8, 4) is 6.07 Å². The third kappa shape index (κ3) is 2.68. The van der Waals surface area contributed by atoms with Crippen molar-refractivity contribution in [1.82, 2.24) is 9.80 Å². The smallest absolute Gasteiger partial charge is 0.331 e. The average Bonchev–Trinajstić information content (AvgIpc) is 3.41. The fraction of sp³-hybridized carbons (Fsp3) is 0.304. The second-order valence-corrected chi connectivity index (χ2v) is 8.65. The van der Waals surface area contributed by atoms with E-state index in [0.29, 0.717) is 29.8 Å². The fourth-order valence-electron chi connectivity index (χ4n) is 5.06. The van der Waals surface area contributed by atoms with Gasteiger partial charge in [-0.3, -0.25) is 9.59 Å². The Morgan fingerprint density at radius 1 is 1.19 bits per heavy atom. The zero-order valence-electron chi connectivity index (χ0n) is 17.0. The van der Waals surface area contributed by atoms with E-state index < -0.39 is 12.1 Å². The maximum atomic E-state index is 13.4. The molecule has 3 saturated heterocycles. The molecule has 4 amide bonds. The number of aryl methyl sites for hydroxylation is 1. The average molecular weight is 435 g/mol. The van der Waals surface area contributed by atoms with Crippen LogP contribution < -0.4 is 4.90 Å². The second kappa shape index (κ2) is 6.82. The van der Waals surface area contributed by atoms with Gasteiger partial charge in [-0.15, -0.1) is 0 Å². The first-order chi connectivity index (χ1) is 14.8. The predicted molar refractivity (Wildman–Crippen MR) is 114 cm³/mol. The van der Waals surface area contributed by atoms with Crippen LogP contribution in [0.25, 0.3) is 0 Å². The number of nitriles is 1. The SMILES string of the molecule is Cc1cccc(C(=O)N2CC3CC2C2C(=O)N(c4ccc(C#N)c(Cl)c4C)C(=O)N32)c1. The van der Waals surface area contributed by atoms with Gasteiger partial charge in [-0.1, -0.05) is 29.3 Å². The Morgan fingerprint density at radius 3 is 2.68 bits per heavy atom. The van der Waals surface area contributed by atoms with E-state index in [2.05, 4.69) is 0 Å². The number of nitrogens with zero attached hydrogens (tertiary/aromatic N) is 4. The predicted octanol–water partition coefficient (Wildman–Crippen LogP) is 3.26. The molecule has 2 aromatic carbocycles. The van der Waals surface area contributed by atoms with Crippen molar-refractivity contribution < 1.29 is 14.4 Å². The van der Waals surface area contributed by atoms with Crippen LogP contribution in [0, 0.1) is 25.2 Å². The van der Waals surface area contributed by atoms with Gasteiger partial charge in [-0.25, -0.2) is 9.69 Å². The molecule has 3 fully saturated rings. The summed E-state index contributed by atoms with van der Waals surface area (Å²) in [6.07, 6.45) is 0.598. The summed E-state index contributed by atoms with van der Waals surface area (Å²) in [4.78, 5) is 44.2. The summed E-state index contributed by atoms with van der Waals surface area (Å²) in [5, 5.41) is 9.41. The molecular formula is C23H19ClN4O3.